The summed E-state index contributed by atoms with van der Waals surface area (Å²) >= 11 is 0. The number of nitrogens with one attached hydrogen (secondary N) is 1. The van der Waals surface area contributed by atoms with Crippen LogP contribution in [-0.2, 0) is 4.79 Å². The maximum atomic E-state index is 12.6. The smallest absolute Gasteiger partial charge is 0.239 e. The lowest BCUT2D eigenvalue weighted by Gasteiger charge is -2.32. The van der Waals surface area contributed by atoms with Gasteiger partial charge in [0, 0.05) is 32.2 Å². The van der Waals surface area contributed by atoms with Gasteiger partial charge in [-0.25, -0.2) is 0 Å². The van der Waals surface area contributed by atoms with Crippen LogP contribution in [0.3, 0.4) is 0 Å². The van der Waals surface area contributed by atoms with Gasteiger partial charge < -0.3 is 10.2 Å². The number of carbonyl (C=O) groups is 1. The molecule has 0 aromatic heterocycles. The molecule has 108 valence electrons. The topological polar surface area (TPSA) is 35.6 Å². The van der Waals surface area contributed by atoms with Crippen molar-refractivity contribution >= 4 is 5.91 Å². The van der Waals surface area contributed by atoms with Gasteiger partial charge >= 0.3 is 0 Å². The van der Waals surface area contributed by atoms with Crippen molar-refractivity contribution in [2.45, 2.75) is 51.1 Å². The Labute approximate surface area is 116 Å². The number of fused-ring (bicyclic) bond motifs is 1. The highest BCUT2D eigenvalue weighted by molar-refractivity contribution is 5.81. The number of carbonyl (C=O) groups excluding carboxylic acids is 1. The second kappa shape index (κ2) is 5.80. The predicted octanol–water partition coefficient (Wildman–Crippen LogP) is 1.07. The van der Waals surface area contributed by atoms with Crippen LogP contribution in [0.2, 0.25) is 0 Å². The molecule has 3 unspecified atom stereocenters. The summed E-state index contributed by atoms with van der Waals surface area (Å²) < 4.78 is 0. The first-order valence-corrected chi connectivity index (χ1v) is 8.02. The van der Waals surface area contributed by atoms with Gasteiger partial charge in [-0.2, -0.15) is 0 Å². The van der Waals surface area contributed by atoms with Crippen LogP contribution in [0.4, 0.5) is 0 Å². The minimum atomic E-state index is 0.0745. The molecule has 3 aliphatic heterocycles. The van der Waals surface area contributed by atoms with Crippen LogP contribution in [-0.4, -0.2) is 60.5 Å². The highest BCUT2D eigenvalue weighted by Crippen LogP contribution is 2.27. The van der Waals surface area contributed by atoms with Gasteiger partial charge in [-0.05, 0) is 51.5 Å². The van der Waals surface area contributed by atoms with Crippen LogP contribution in [0.5, 0.6) is 0 Å². The molecule has 1 amide bonds. The first-order valence-electron chi connectivity index (χ1n) is 8.02. The molecule has 3 rings (SSSR count). The van der Waals surface area contributed by atoms with Crippen LogP contribution >= 0.6 is 0 Å². The standard InChI is InChI=1S/C15H27N3O/c1-12(15(19)17-8-3-2-4-9-17)18-10-13-6-5-7-16-14(13)11-18/h12-14,16H,2-11H2,1H3. The lowest BCUT2D eigenvalue weighted by Crippen LogP contribution is -2.48. The fourth-order valence-corrected chi connectivity index (χ4v) is 3.93. The number of rotatable bonds is 2. The van der Waals surface area contributed by atoms with Crippen molar-refractivity contribution in [3.63, 3.8) is 0 Å². The van der Waals surface area contributed by atoms with E-state index in [1.54, 1.807) is 0 Å². The summed E-state index contributed by atoms with van der Waals surface area (Å²) in [6.07, 6.45) is 6.29. The monoisotopic (exact) mass is 265 g/mol. The fourth-order valence-electron chi connectivity index (χ4n) is 3.93. The zero-order valence-corrected chi connectivity index (χ0v) is 12.1. The van der Waals surface area contributed by atoms with Crippen molar-refractivity contribution in [1.29, 1.82) is 0 Å². The first kappa shape index (κ1) is 13.4. The molecule has 0 bridgehead atoms. The van der Waals surface area contributed by atoms with E-state index in [1.165, 1.54) is 32.1 Å². The summed E-state index contributed by atoms with van der Waals surface area (Å²) in [5.41, 5.74) is 0. The zero-order valence-electron chi connectivity index (χ0n) is 12.1. The minimum absolute atomic E-state index is 0.0745. The molecule has 3 saturated heterocycles. The van der Waals surface area contributed by atoms with E-state index in [0.717, 1.165) is 38.6 Å². The van der Waals surface area contributed by atoms with Crippen LogP contribution in [0, 0.1) is 5.92 Å². The van der Waals surface area contributed by atoms with E-state index < -0.39 is 0 Å². The van der Waals surface area contributed by atoms with Crippen LogP contribution in [0.25, 0.3) is 0 Å². The minimum Gasteiger partial charge on any atom is -0.341 e. The van der Waals surface area contributed by atoms with Crippen molar-refractivity contribution in [1.82, 2.24) is 15.1 Å². The number of piperidine rings is 2. The van der Waals surface area contributed by atoms with Gasteiger partial charge in [-0.15, -0.1) is 0 Å². The number of amides is 1. The second-order valence-electron chi connectivity index (χ2n) is 6.48. The molecule has 0 aliphatic carbocycles. The Morgan fingerprint density at radius 2 is 1.95 bits per heavy atom. The number of likely N-dealkylation sites (tertiary alicyclic amines) is 2. The Morgan fingerprint density at radius 1 is 1.16 bits per heavy atom. The van der Waals surface area contributed by atoms with Crippen molar-refractivity contribution in [2.24, 2.45) is 5.92 Å². The average molecular weight is 265 g/mol. The van der Waals surface area contributed by atoms with E-state index in [4.69, 9.17) is 0 Å². The van der Waals surface area contributed by atoms with Crippen LogP contribution in [0.15, 0.2) is 0 Å². The molecule has 0 aromatic carbocycles. The van der Waals surface area contributed by atoms with Crippen molar-refractivity contribution in [3.05, 3.63) is 0 Å². The second-order valence-corrected chi connectivity index (χ2v) is 6.48. The third-order valence-electron chi connectivity index (χ3n) is 5.20. The van der Waals surface area contributed by atoms with Gasteiger partial charge in [-0.1, -0.05) is 0 Å². The van der Waals surface area contributed by atoms with E-state index in [-0.39, 0.29) is 6.04 Å². The van der Waals surface area contributed by atoms with E-state index >= 15 is 0 Å². The highest BCUT2D eigenvalue weighted by atomic mass is 16.2. The van der Waals surface area contributed by atoms with Gasteiger partial charge in [0.05, 0.1) is 6.04 Å². The Balaban J connectivity index is 1.57. The summed E-state index contributed by atoms with van der Waals surface area (Å²) in [6, 6.07) is 0.704. The molecule has 3 aliphatic rings. The Morgan fingerprint density at radius 3 is 2.68 bits per heavy atom. The van der Waals surface area contributed by atoms with Gasteiger partial charge in [0.15, 0.2) is 0 Å². The van der Waals surface area contributed by atoms with Crippen molar-refractivity contribution in [3.8, 4) is 0 Å². The van der Waals surface area contributed by atoms with Crippen LogP contribution in [0.1, 0.15) is 39.0 Å². The SMILES string of the molecule is CC(C(=O)N1CCCCC1)N1CC2CCCNC2C1. The normalized spacial score (nSPS) is 34.1. The molecule has 19 heavy (non-hydrogen) atoms. The molecule has 4 heteroatoms. The third-order valence-corrected chi connectivity index (χ3v) is 5.20. The zero-order chi connectivity index (χ0) is 13.2. The van der Waals surface area contributed by atoms with Crippen molar-refractivity contribution in [2.75, 3.05) is 32.7 Å². The largest absolute Gasteiger partial charge is 0.341 e. The van der Waals surface area contributed by atoms with E-state index in [2.05, 4.69) is 22.0 Å². The Bertz CT molecular complexity index is 313. The maximum Gasteiger partial charge on any atom is 0.239 e. The van der Waals surface area contributed by atoms with Gasteiger partial charge in [-0.3, -0.25) is 9.69 Å². The molecule has 3 heterocycles. The summed E-state index contributed by atoms with van der Waals surface area (Å²) in [5.74, 6) is 1.13. The van der Waals surface area contributed by atoms with Crippen molar-refractivity contribution < 1.29 is 4.79 Å². The molecule has 0 saturated carbocycles. The third kappa shape index (κ3) is 2.79. The highest BCUT2D eigenvalue weighted by Gasteiger charge is 2.38. The number of hydrogen-bond acceptors (Lipinski definition) is 3. The average Bonchev–Trinajstić information content (AvgIpc) is 2.90. The summed E-state index contributed by atoms with van der Waals surface area (Å²) in [6.45, 7) is 7.38. The van der Waals surface area contributed by atoms with Gasteiger partial charge in [0.2, 0.25) is 5.91 Å². The number of hydrogen-bond donors (Lipinski definition) is 1. The lowest BCUT2D eigenvalue weighted by molar-refractivity contribution is -0.137. The van der Waals surface area contributed by atoms with Crippen LogP contribution < -0.4 is 5.32 Å². The molecule has 3 fully saturated rings. The molecular weight excluding hydrogens is 238 g/mol. The van der Waals surface area contributed by atoms with E-state index in [1.807, 2.05) is 0 Å². The van der Waals surface area contributed by atoms with Gasteiger partial charge in [0.1, 0.15) is 0 Å². The quantitative estimate of drug-likeness (QED) is 0.811. The number of nitrogens with zero attached hydrogens (tertiary/aromatic N) is 2. The first-order chi connectivity index (χ1) is 9.25. The molecular formula is C15H27N3O. The molecule has 0 aromatic rings. The Kier molecular flexibility index (Phi) is 4.08. The van der Waals surface area contributed by atoms with E-state index in [0.29, 0.717) is 11.9 Å². The summed E-state index contributed by atoms with van der Waals surface area (Å²) in [4.78, 5) is 17.0. The molecule has 0 spiro atoms. The molecule has 3 atom stereocenters. The maximum absolute atomic E-state index is 12.6. The summed E-state index contributed by atoms with van der Waals surface area (Å²) in [7, 11) is 0. The lowest BCUT2D eigenvalue weighted by atomic mass is 9.94. The Hall–Kier alpha value is -0.610. The molecule has 0 radical (unpaired) electrons. The molecule has 4 nitrogen and oxygen atoms in total. The predicted molar refractivity (Wildman–Crippen MR) is 76.0 cm³/mol. The molecule has 1 N–H and O–H groups in total. The van der Waals surface area contributed by atoms with Gasteiger partial charge in [0.25, 0.3) is 0 Å². The van der Waals surface area contributed by atoms with E-state index in [9.17, 15) is 4.79 Å². The fraction of sp³-hybridized carbons (Fsp3) is 0.933. The summed E-state index contributed by atoms with van der Waals surface area (Å²) in [5, 5.41) is 3.62.